The molecule has 1 aliphatic rings. The lowest BCUT2D eigenvalue weighted by molar-refractivity contribution is -0.131. The first-order chi connectivity index (χ1) is 11.8. The molecule has 1 fully saturated rings. The van der Waals surface area contributed by atoms with Gasteiger partial charge in [0.25, 0.3) is 0 Å². The summed E-state index contributed by atoms with van der Waals surface area (Å²) in [7, 11) is 0. The molecule has 4 nitrogen and oxygen atoms in total. The van der Waals surface area contributed by atoms with Gasteiger partial charge in [-0.2, -0.15) is 0 Å². The number of nitrogens with zero attached hydrogens (tertiary/aromatic N) is 3. The number of benzene rings is 1. The monoisotopic (exact) mass is 323 g/mol. The average molecular weight is 323 g/mol. The zero-order valence-electron chi connectivity index (χ0n) is 14.1. The quantitative estimate of drug-likeness (QED) is 0.766. The first kappa shape index (κ1) is 16.5. The van der Waals surface area contributed by atoms with E-state index in [0.717, 1.165) is 51.1 Å². The van der Waals surface area contributed by atoms with Gasteiger partial charge in [-0.1, -0.05) is 30.3 Å². The minimum atomic E-state index is 0.300. The molecule has 0 bridgehead atoms. The van der Waals surface area contributed by atoms with Crippen LogP contribution in [0.3, 0.4) is 0 Å². The van der Waals surface area contributed by atoms with Gasteiger partial charge in [-0.15, -0.1) is 0 Å². The van der Waals surface area contributed by atoms with E-state index in [9.17, 15) is 4.79 Å². The molecule has 0 atom stereocenters. The molecule has 1 aliphatic heterocycles. The molecular weight excluding hydrogens is 298 g/mol. The van der Waals surface area contributed by atoms with Gasteiger partial charge in [0.15, 0.2) is 0 Å². The summed E-state index contributed by atoms with van der Waals surface area (Å²) in [6.45, 7) is 3.40. The molecule has 0 N–H and O–H groups in total. The van der Waals surface area contributed by atoms with E-state index in [4.69, 9.17) is 0 Å². The Morgan fingerprint density at radius 1 is 0.958 bits per heavy atom. The average Bonchev–Trinajstić information content (AvgIpc) is 2.67. The van der Waals surface area contributed by atoms with Gasteiger partial charge in [-0.3, -0.25) is 9.78 Å². The van der Waals surface area contributed by atoms with Crippen LogP contribution in [0.25, 0.3) is 0 Å². The Morgan fingerprint density at radius 3 is 2.46 bits per heavy atom. The summed E-state index contributed by atoms with van der Waals surface area (Å²) >= 11 is 0. The van der Waals surface area contributed by atoms with Gasteiger partial charge < -0.3 is 9.80 Å². The molecule has 0 radical (unpaired) electrons. The van der Waals surface area contributed by atoms with Crippen molar-refractivity contribution in [2.75, 3.05) is 31.1 Å². The zero-order chi connectivity index (χ0) is 16.6. The fourth-order valence-electron chi connectivity index (χ4n) is 3.16. The van der Waals surface area contributed by atoms with E-state index in [0.29, 0.717) is 12.3 Å². The second-order valence-corrected chi connectivity index (χ2v) is 6.27. The molecule has 4 heteroatoms. The Morgan fingerprint density at radius 2 is 1.75 bits per heavy atom. The number of hydrogen-bond donors (Lipinski definition) is 0. The van der Waals surface area contributed by atoms with Crippen LogP contribution in [0.2, 0.25) is 0 Å². The summed E-state index contributed by atoms with van der Waals surface area (Å²) in [6, 6.07) is 14.5. The highest BCUT2D eigenvalue weighted by Gasteiger charge is 2.20. The first-order valence-corrected chi connectivity index (χ1v) is 8.79. The molecule has 24 heavy (non-hydrogen) atoms. The van der Waals surface area contributed by atoms with Crippen molar-refractivity contribution in [3.05, 3.63) is 60.4 Å². The number of piperazine rings is 1. The predicted molar refractivity (Wildman–Crippen MR) is 97.0 cm³/mol. The van der Waals surface area contributed by atoms with Gasteiger partial charge in [0.05, 0.1) is 11.9 Å². The predicted octanol–water partition coefficient (Wildman–Crippen LogP) is 3.14. The maximum Gasteiger partial charge on any atom is 0.222 e. The van der Waals surface area contributed by atoms with E-state index in [-0.39, 0.29) is 0 Å². The van der Waals surface area contributed by atoms with E-state index >= 15 is 0 Å². The van der Waals surface area contributed by atoms with Crippen LogP contribution in [0.4, 0.5) is 5.69 Å². The fourth-order valence-corrected chi connectivity index (χ4v) is 3.16. The highest BCUT2D eigenvalue weighted by molar-refractivity contribution is 5.76. The lowest BCUT2D eigenvalue weighted by Crippen LogP contribution is -2.48. The Hall–Kier alpha value is -2.36. The summed E-state index contributed by atoms with van der Waals surface area (Å²) in [4.78, 5) is 20.8. The third kappa shape index (κ3) is 4.57. The topological polar surface area (TPSA) is 36.4 Å². The summed E-state index contributed by atoms with van der Waals surface area (Å²) < 4.78 is 0. The number of pyridine rings is 1. The van der Waals surface area contributed by atoms with Crippen LogP contribution in [0.1, 0.15) is 24.8 Å². The normalized spacial score (nSPS) is 14.7. The number of unbranched alkanes of at least 4 members (excludes halogenated alkanes) is 1. The Balaban J connectivity index is 1.36. The molecule has 126 valence electrons. The van der Waals surface area contributed by atoms with E-state index in [1.807, 2.05) is 23.2 Å². The zero-order valence-corrected chi connectivity index (χ0v) is 14.1. The standard InChI is InChI=1S/C20H25N3O/c24-20(11-5-4-9-18-7-2-1-3-8-18)23-15-13-22(14-16-23)19-10-6-12-21-17-19/h1-3,6-8,10,12,17H,4-5,9,11,13-16H2. The number of aryl methyl sites for hydroxylation is 1. The number of aromatic nitrogens is 1. The largest absolute Gasteiger partial charge is 0.367 e. The van der Waals surface area contributed by atoms with Crippen LogP contribution in [0, 0.1) is 0 Å². The second kappa shape index (κ2) is 8.48. The SMILES string of the molecule is O=C(CCCCc1ccccc1)N1CCN(c2cccnc2)CC1. The molecule has 0 spiro atoms. The van der Waals surface area contributed by atoms with Gasteiger partial charge in [0.1, 0.15) is 0 Å². The maximum absolute atomic E-state index is 12.3. The molecule has 0 saturated carbocycles. The van der Waals surface area contributed by atoms with Crippen LogP contribution in [-0.2, 0) is 11.2 Å². The highest BCUT2D eigenvalue weighted by Crippen LogP contribution is 2.15. The molecule has 2 heterocycles. The fraction of sp³-hybridized carbons (Fsp3) is 0.400. The Kier molecular flexibility index (Phi) is 5.83. The van der Waals surface area contributed by atoms with E-state index in [1.54, 1.807) is 6.20 Å². The van der Waals surface area contributed by atoms with Crippen molar-refractivity contribution in [2.45, 2.75) is 25.7 Å². The molecule has 0 unspecified atom stereocenters. The van der Waals surface area contributed by atoms with Crippen molar-refractivity contribution in [1.82, 2.24) is 9.88 Å². The van der Waals surface area contributed by atoms with Crippen molar-refractivity contribution in [2.24, 2.45) is 0 Å². The van der Waals surface area contributed by atoms with Gasteiger partial charge >= 0.3 is 0 Å². The van der Waals surface area contributed by atoms with Crippen molar-refractivity contribution < 1.29 is 4.79 Å². The summed E-state index contributed by atoms with van der Waals surface area (Å²) in [6.07, 6.45) is 7.45. The van der Waals surface area contributed by atoms with Crippen molar-refractivity contribution in [1.29, 1.82) is 0 Å². The third-order valence-electron chi connectivity index (χ3n) is 4.59. The smallest absolute Gasteiger partial charge is 0.222 e. The van der Waals surface area contributed by atoms with Gasteiger partial charge in [-0.05, 0) is 37.0 Å². The molecule has 0 aliphatic carbocycles. The maximum atomic E-state index is 12.3. The van der Waals surface area contributed by atoms with Crippen LogP contribution < -0.4 is 4.90 Å². The molecule has 1 aromatic heterocycles. The molecular formula is C20H25N3O. The minimum absolute atomic E-state index is 0.300. The number of hydrogen-bond acceptors (Lipinski definition) is 3. The van der Waals surface area contributed by atoms with Gasteiger partial charge in [0, 0.05) is 38.8 Å². The van der Waals surface area contributed by atoms with Crippen LogP contribution in [-0.4, -0.2) is 42.0 Å². The number of anilines is 1. The van der Waals surface area contributed by atoms with Crippen molar-refractivity contribution in [3.63, 3.8) is 0 Å². The Labute approximate surface area is 144 Å². The number of rotatable bonds is 6. The third-order valence-corrected chi connectivity index (χ3v) is 4.59. The first-order valence-electron chi connectivity index (χ1n) is 8.79. The number of carbonyl (C=O) groups excluding carboxylic acids is 1. The minimum Gasteiger partial charge on any atom is -0.367 e. The van der Waals surface area contributed by atoms with E-state index in [1.165, 1.54) is 5.56 Å². The summed E-state index contributed by atoms with van der Waals surface area (Å²) in [5, 5.41) is 0. The Bertz CT molecular complexity index is 622. The molecule has 2 aromatic rings. The van der Waals surface area contributed by atoms with Crippen LogP contribution >= 0.6 is 0 Å². The van der Waals surface area contributed by atoms with Crippen molar-refractivity contribution >= 4 is 11.6 Å². The van der Waals surface area contributed by atoms with Crippen molar-refractivity contribution in [3.8, 4) is 0 Å². The molecule has 3 rings (SSSR count). The lowest BCUT2D eigenvalue weighted by Gasteiger charge is -2.36. The molecule has 1 saturated heterocycles. The van der Waals surface area contributed by atoms with Gasteiger partial charge in [0.2, 0.25) is 5.91 Å². The van der Waals surface area contributed by atoms with Crippen LogP contribution in [0.15, 0.2) is 54.9 Å². The summed E-state index contributed by atoms with van der Waals surface area (Å²) in [5.74, 6) is 0.300. The van der Waals surface area contributed by atoms with Crippen LogP contribution in [0.5, 0.6) is 0 Å². The summed E-state index contributed by atoms with van der Waals surface area (Å²) in [5.41, 5.74) is 2.50. The highest BCUT2D eigenvalue weighted by atomic mass is 16.2. The molecule has 1 amide bonds. The second-order valence-electron chi connectivity index (χ2n) is 6.27. The van der Waals surface area contributed by atoms with Gasteiger partial charge in [-0.25, -0.2) is 0 Å². The number of carbonyl (C=O) groups is 1. The van der Waals surface area contributed by atoms with E-state index < -0.39 is 0 Å². The van der Waals surface area contributed by atoms with E-state index in [2.05, 4.69) is 40.2 Å². The number of amides is 1. The molecule has 1 aromatic carbocycles. The lowest BCUT2D eigenvalue weighted by atomic mass is 10.1.